The smallest absolute Gasteiger partial charge is 0.238 e. The highest BCUT2D eigenvalue weighted by Gasteiger charge is 2.34. The largest absolute Gasteiger partial charge is 0.492 e. The molecule has 1 N–H and O–H groups in total. The Kier molecular flexibility index (Phi) is 6.26. The summed E-state index contributed by atoms with van der Waals surface area (Å²) >= 11 is 5.78. The summed E-state index contributed by atoms with van der Waals surface area (Å²) in [4.78, 5) is 12.2. The summed E-state index contributed by atoms with van der Waals surface area (Å²) in [7, 11) is -3.37. The summed E-state index contributed by atoms with van der Waals surface area (Å²) in [5, 5.41) is 3.37. The number of hydrogen-bond donors (Lipinski definition) is 1. The van der Waals surface area contributed by atoms with E-state index in [1.165, 1.54) is 4.31 Å². The number of amides is 1. The molecular formula is C15H21ClN2O4S. The minimum atomic E-state index is -3.37. The molecule has 1 aliphatic heterocycles. The van der Waals surface area contributed by atoms with Gasteiger partial charge in [-0.2, -0.15) is 4.31 Å². The average molecular weight is 361 g/mol. The third kappa shape index (κ3) is 5.37. The molecule has 1 atom stereocenters. The van der Waals surface area contributed by atoms with E-state index < -0.39 is 16.1 Å². The molecule has 2 rings (SSSR count). The van der Waals surface area contributed by atoms with Gasteiger partial charge >= 0.3 is 0 Å². The third-order valence-corrected chi connectivity index (χ3v) is 5.21. The Hall–Kier alpha value is -1.31. The van der Waals surface area contributed by atoms with Gasteiger partial charge < -0.3 is 10.1 Å². The van der Waals surface area contributed by atoms with Crippen molar-refractivity contribution in [3.05, 3.63) is 29.3 Å². The fourth-order valence-corrected chi connectivity index (χ4v) is 3.81. The van der Waals surface area contributed by atoms with E-state index >= 15 is 0 Å². The normalized spacial score (nSPS) is 19.3. The van der Waals surface area contributed by atoms with Gasteiger partial charge in [-0.3, -0.25) is 4.79 Å². The lowest BCUT2D eigenvalue weighted by Crippen LogP contribution is -2.52. The minimum Gasteiger partial charge on any atom is -0.492 e. The lowest BCUT2D eigenvalue weighted by molar-refractivity contribution is -0.125. The number of carbonyl (C=O) groups is 1. The summed E-state index contributed by atoms with van der Waals surface area (Å²) in [6.07, 6.45) is 3.33. The molecule has 0 saturated carbocycles. The molecule has 1 aliphatic rings. The van der Waals surface area contributed by atoms with E-state index in [1.807, 2.05) is 0 Å². The van der Waals surface area contributed by atoms with E-state index in [0.29, 0.717) is 36.9 Å². The lowest BCUT2D eigenvalue weighted by atomic mass is 10.0. The molecule has 0 spiro atoms. The molecule has 0 radical (unpaired) electrons. The van der Waals surface area contributed by atoms with Gasteiger partial charge in [0.05, 0.1) is 12.8 Å². The molecular weight excluding hydrogens is 340 g/mol. The fourth-order valence-electron chi connectivity index (χ4n) is 2.56. The summed E-state index contributed by atoms with van der Waals surface area (Å²) < 4.78 is 30.3. The van der Waals surface area contributed by atoms with Gasteiger partial charge in [0.15, 0.2) is 0 Å². The first-order valence-electron chi connectivity index (χ1n) is 7.51. The molecule has 0 aliphatic carbocycles. The highest BCUT2D eigenvalue weighted by atomic mass is 35.5. The Morgan fingerprint density at radius 2 is 2.04 bits per heavy atom. The van der Waals surface area contributed by atoms with Crippen LogP contribution in [0.5, 0.6) is 5.75 Å². The van der Waals surface area contributed by atoms with Crippen LogP contribution >= 0.6 is 11.6 Å². The lowest BCUT2D eigenvalue weighted by Gasteiger charge is -2.32. The van der Waals surface area contributed by atoms with Crippen LogP contribution in [0.1, 0.15) is 19.3 Å². The first-order chi connectivity index (χ1) is 10.9. The molecule has 0 aromatic heterocycles. The number of nitrogens with one attached hydrogen (secondary N) is 1. The molecule has 1 fully saturated rings. The number of benzene rings is 1. The summed E-state index contributed by atoms with van der Waals surface area (Å²) in [5.74, 6) is 0.397. The van der Waals surface area contributed by atoms with Crippen molar-refractivity contribution in [2.75, 3.05) is 26.0 Å². The zero-order valence-corrected chi connectivity index (χ0v) is 14.6. The molecule has 1 aromatic rings. The van der Waals surface area contributed by atoms with E-state index in [0.717, 1.165) is 19.1 Å². The standard InChI is InChI=1S/C15H21ClN2O4S/c1-23(20,21)18-10-3-2-4-14(18)15(19)17-9-11-22-13-7-5-12(16)6-8-13/h5-8,14H,2-4,9-11H2,1H3,(H,17,19). The molecule has 23 heavy (non-hydrogen) atoms. The second kappa shape index (κ2) is 7.99. The number of ether oxygens (including phenoxy) is 1. The maximum absolute atomic E-state index is 12.2. The van der Waals surface area contributed by atoms with E-state index in [-0.39, 0.29) is 5.91 Å². The van der Waals surface area contributed by atoms with Crippen molar-refractivity contribution in [2.45, 2.75) is 25.3 Å². The number of sulfonamides is 1. The monoisotopic (exact) mass is 360 g/mol. The predicted molar refractivity (Wildman–Crippen MR) is 89.1 cm³/mol. The van der Waals surface area contributed by atoms with Crippen LogP contribution in [0, 0.1) is 0 Å². The molecule has 6 nitrogen and oxygen atoms in total. The van der Waals surface area contributed by atoms with E-state index in [9.17, 15) is 13.2 Å². The van der Waals surface area contributed by atoms with Gasteiger partial charge in [0.25, 0.3) is 0 Å². The third-order valence-electron chi connectivity index (χ3n) is 3.67. The number of nitrogens with zero attached hydrogens (tertiary/aromatic N) is 1. The molecule has 1 unspecified atom stereocenters. The fraction of sp³-hybridized carbons (Fsp3) is 0.533. The molecule has 1 amide bonds. The first kappa shape index (κ1) is 18.0. The van der Waals surface area contributed by atoms with Gasteiger partial charge in [-0.05, 0) is 37.1 Å². The van der Waals surface area contributed by atoms with Crippen molar-refractivity contribution in [3.63, 3.8) is 0 Å². The number of carbonyl (C=O) groups excluding carboxylic acids is 1. The molecule has 0 bridgehead atoms. The van der Waals surface area contributed by atoms with E-state index in [2.05, 4.69) is 5.32 Å². The number of rotatable bonds is 6. The van der Waals surface area contributed by atoms with Gasteiger partial charge in [0.1, 0.15) is 18.4 Å². The molecule has 1 saturated heterocycles. The number of halogens is 1. The Morgan fingerprint density at radius 3 is 2.70 bits per heavy atom. The van der Waals surface area contributed by atoms with Crippen molar-refractivity contribution in [1.29, 1.82) is 0 Å². The second-order valence-electron chi connectivity index (χ2n) is 5.48. The highest BCUT2D eigenvalue weighted by molar-refractivity contribution is 7.88. The molecule has 128 valence electrons. The highest BCUT2D eigenvalue weighted by Crippen LogP contribution is 2.20. The Bertz CT molecular complexity index is 633. The zero-order chi connectivity index (χ0) is 16.9. The van der Waals surface area contributed by atoms with Crippen LogP contribution in [-0.4, -0.2) is 50.6 Å². The van der Waals surface area contributed by atoms with Gasteiger partial charge in [-0.15, -0.1) is 0 Å². The van der Waals surface area contributed by atoms with Crippen LogP contribution in [0.25, 0.3) is 0 Å². The van der Waals surface area contributed by atoms with Gasteiger partial charge in [0, 0.05) is 11.6 Å². The second-order valence-corrected chi connectivity index (χ2v) is 7.85. The van der Waals surface area contributed by atoms with Crippen LogP contribution in [0.3, 0.4) is 0 Å². The quantitative estimate of drug-likeness (QED) is 0.783. The summed E-state index contributed by atoms with van der Waals surface area (Å²) in [5.41, 5.74) is 0. The van der Waals surface area contributed by atoms with E-state index in [1.54, 1.807) is 24.3 Å². The Labute approximate surface area is 141 Å². The van der Waals surface area contributed by atoms with Crippen molar-refractivity contribution in [3.8, 4) is 5.75 Å². The summed E-state index contributed by atoms with van der Waals surface area (Å²) in [6, 6.07) is 6.32. The minimum absolute atomic E-state index is 0.269. The van der Waals surface area contributed by atoms with Crippen LogP contribution in [0.2, 0.25) is 5.02 Å². The Balaban J connectivity index is 1.80. The number of piperidine rings is 1. The SMILES string of the molecule is CS(=O)(=O)N1CCCCC1C(=O)NCCOc1ccc(Cl)cc1. The van der Waals surface area contributed by atoms with Crippen molar-refractivity contribution < 1.29 is 17.9 Å². The average Bonchev–Trinajstić information content (AvgIpc) is 2.52. The molecule has 8 heteroatoms. The van der Waals surface area contributed by atoms with Gasteiger partial charge in [0.2, 0.25) is 15.9 Å². The maximum atomic E-state index is 12.2. The van der Waals surface area contributed by atoms with Crippen LogP contribution in [0.4, 0.5) is 0 Å². The van der Waals surface area contributed by atoms with Crippen molar-refractivity contribution in [2.24, 2.45) is 0 Å². The number of hydrogen-bond acceptors (Lipinski definition) is 4. The topological polar surface area (TPSA) is 75.7 Å². The molecule has 1 aromatic carbocycles. The van der Waals surface area contributed by atoms with Crippen LogP contribution in [-0.2, 0) is 14.8 Å². The van der Waals surface area contributed by atoms with Crippen molar-refractivity contribution >= 4 is 27.5 Å². The first-order valence-corrected chi connectivity index (χ1v) is 9.73. The zero-order valence-electron chi connectivity index (χ0n) is 13.0. The molecule has 1 heterocycles. The predicted octanol–water partition coefficient (Wildman–Crippen LogP) is 1.65. The van der Waals surface area contributed by atoms with Crippen molar-refractivity contribution in [1.82, 2.24) is 9.62 Å². The van der Waals surface area contributed by atoms with E-state index in [4.69, 9.17) is 16.3 Å². The summed E-state index contributed by atoms with van der Waals surface area (Å²) in [6.45, 7) is 1.02. The Morgan fingerprint density at radius 1 is 1.35 bits per heavy atom. The van der Waals surface area contributed by atoms with Crippen LogP contribution < -0.4 is 10.1 Å². The van der Waals surface area contributed by atoms with Crippen LogP contribution in [0.15, 0.2) is 24.3 Å². The van der Waals surface area contributed by atoms with Gasteiger partial charge in [-0.25, -0.2) is 8.42 Å². The maximum Gasteiger partial charge on any atom is 0.238 e. The van der Waals surface area contributed by atoms with Gasteiger partial charge in [-0.1, -0.05) is 18.0 Å².